The highest BCUT2D eigenvalue weighted by Crippen LogP contribution is 2.30. The Labute approximate surface area is 243 Å². The second-order valence-corrected chi connectivity index (χ2v) is 10.2. The number of fused-ring (bicyclic) bond motifs is 2. The van der Waals surface area contributed by atoms with Gasteiger partial charge in [0.15, 0.2) is 0 Å². The fraction of sp³-hybridized carbons (Fsp3) is 0.176. The van der Waals surface area contributed by atoms with Gasteiger partial charge in [0.25, 0.3) is 5.56 Å². The molecule has 1 atom stereocenters. The highest BCUT2D eigenvalue weighted by molar-refractivity contribution is 5.92. The molecule has 2 aromatic heterocycles. The Morgan fingerprint density at radius 1 is 0.905 bits per heavy atom. The SMILES string of the molecule is CCC(c1nc2cc(-c3ccc4cc(-c5cnc[nH]5)ccc4c3)ccc2c(=O)[nH]1)N(CC)C(=O)OCc1ccccc1. The summed E-state index contributed by atoms with van der Waals surface area (Å²) < 4.78 is 5.61. The smallest absolute Gasteiger partial charge is 0.410 e. The normalized spacial score (nSPS) is 12.0. The second-order valence-electron chi connectivity index (χ2n) is 10.2. The van der Waals surface area contributed by atoms with E-state index in [0.29, 0.717) is 29.7 Å². The summed E-state index contributed by atoms with van der Waals surface area (Å²) in [4.78, 5) is 42.9. The summed E-state index contributed by atoms with van der Waals surface area (Å²) in [5, 5.41) is 2.72. The molecule has 8 nitrogen and oxygen atoms in total. The second kappa shape index (κ2) is 11.7. The fourth-order valence-electron chi connectivity index (χ4n) is 5.34. The molecule has 2 heterocycles. The topological polar surface area (TPSA) is 104 Å². The van der Waals surface area contributed by atoms with Gasteiger partial charge in [-0.2, -0.15) is 0 Å². The van der Waals surface area contributed by atoms with E-state index in [1.807, 2.05) is 62.5 Å². The van der Waals surface area contributed by atoms with Crippen LogP contribution in [0.2, 0.25) is 0 Å². The lowest BCUT2D eigenvalue weighted by Gasteiger charge is -2.28. The standard InChI is InChI=1S/C34H31N5O3/c1-3-31(39(4-2)34(41)42-20-22-8-6-5-7-9-22)32-37-29-18-26(14-15-28(29)33(40)38-32)24-10-11-25-17-27(13-12-23(25)16-24)30-19-35-21-36-30/h5-19,21,31H,3-4,20H2,1-2H3,(H,35,36)(H,37,38,40). The van der Waals surface area contributed by atoms with Crippen molar-refractivity contribution in [2.45, 2.75) is 32.9 Å². The van der Waals surface area contributed by atoms with E-state index in [-0.39, 0.29) is 12.2 Å². The first-order valence-corrected chi connectivity index (χ1v) is 14.1. The lowest BCUT2D eigenvalue weighted by molar-refractivity contribution is 0.0797. The van der Waals surface area contributed by atoms with Crippen molar-refractivity contribution in [2.75, 3.05) is 6.54 Å². The van der Waals surface area contributed by atoms with Crippen LogP contribution in [0, 0.1) is 0 Å². The predicted octanol–water partition coefficient (Wildman–Crippen LogP) is 7.24. The molecular weight excluding hydrogens is 526 g/mol. The van der Waals surface area contributed by atoms with E-state index < -0.39 is 12.1 Å². The zero-order valence-electron chi connectivity index (χ0n) is 23.5. The molecule has 42 heavy (non-hydrogen) atoms. The maximum Gasteiger partial charge on any atom is 0.410 e. The first kappa shape index (κ1) is 27.0. The molecule has 0 spiro atoms. The Morgan fingerprint density at radius 3 is 2.33 bits per heavy atom. The van der Waals surface area contributed by atoms with Gasteiger partial charge in [0, 0.05) is 12.1 Å². The van der Waals surface area contributed by atoms with Crippen LogP contribution in [0.1, 0.15) is 37.7 Å². The van der Waals surface area contributed by atoms with Crippen molar-refractivity contribution in [3.8, 4) is 22.4 Å². The van der Waals surface area contributed by atoms with Crippen LogP contribution in [0.3, 0.4) is 0 Å². The molecule has 0 bridgehead atoms. The largest absolute Gasteiger partial charge is 0.445 e. The minimum absolute atomic E-state index is 0.174. The van der Waals surface area contributed by atoms with Gasteiger partial charge in [-0.05, 0) is 65.1 Å². The number of rotatable bonds is 8. The number of carbonyl (C=O) groups is 1. The molecule has 1 amide bonds. The monoisotopic (exact) mass is 557 g/mol. The van der Waals surface area contributed by atoms with E-state index in [1.165, 1.54) is 0 Å². The third-order valence-corrected chi connectivity index (χ3v) is 7.57. The van der Waals surface area contributed by atoms with E-state index in [1.54, 1.807) is 17.3 Å². The first-order valence-electron chi connectivity index (χ1n) is 14.1. The highest BCUT2D eigenvalue weighted by Gasteiger charge is 2.26. The number of nitrogens with one attached hydrogen (secondary N) is 2. The molecule has 4 aromatic carbocycles. The number of H-pyrrole nitrogens is 2. The molecule has 0 radical (unpaired) electrons. The van der Waals surface area contributed by atoms with Crippen LogP contribution in [0.25, 0.3) is 44.1 Å². The van der Waals surface area contributed by atoms with Crippen LogP contribution in [-0.2, 0) is 11.3 Å². The summed E-state index contributed by atoms with van der Waals surface area (Å²) in [5.41, 5.74) is 5.27. The van der Waals surface area contributed by atoms with Crippen molar-refractivity contribution in [1.82, 2.24) is 24.8 Å². The van der Waals surface area contributed by atoms with Crippen LogP contribution >= 0.6 is 0 Å². The number of hydrogen-bond donors (Lipinski definition) is 2. The van der Waals surface area contributed by atoms with Crippen LogP contribution < -0.4 is 5.56 Å². The van der Waals surface area contributed by atoms with Crippen LogP contribution in [0.15, 0.2) is 102 Å². The van der Waals surface area contributed by atoms with E-state index in [2.05, 4.69) is 51.4 Å². The number of nitrogens with zero attached hydrogens (tertiary/aromatic N) is 3. The molecule has 0 fully saturated rings. The van der Waals surface area contributed by atoms with Gasteiger partial charge in [0.05, 0.1) is 35.2 Å². The third kappa shape index (κ3) is 5.39. The molecule has 8 heteroatoms. The zero-order valence-corrected chi connectivity index (χ0v) is 23.5. The van der Waals surface area contributed by atoms with E-state index in [0.717, 1.165) is 38.7 Å². The van der Waals surface area contributed by atoms with Crippen molar-refractivity contribution in [2.24, 2.45) is 0 Å². The first-order chi connectivity index (χ1) is 20.5. The maximum absolute atomic E-state index is 13.1. The van der Waals surface area contributed by atoms with Crippen molar-refractivity contribution in [3.63, 3.8) is 0 Å². The lowest BCUT2D eigenvalue weighted by Crippen LogP contribution is -2.36. The summed E-state index contributed by atoms with van der Waals surface area (Å²) in [7, 11) is 0. The Balaban J connectivity index is 1.30. The average Bonchev–Trinajstić information content (AvgIpc) is 3.57. The zero-order chi connectivity index (χ0) is 29.1. The summed E-state index contributed by atoms with van der Waals surface area (Å²) >= 11 is 0. The molecule has 1 unspecified atom stereocenters. The number of benzene rings is 4. The lowest BCUT2D eigenvalue weighted by atomic mass is 9.98. The summed E-state index contributed by atoms with van der Waals surface area (Å²) in [6.07, 6.45) is 3.60. The number of carbonyl (C=O) groups excluding carboxylic acids is 1. The number of ether oxygens (including phenoxy) is 1. The number of aromatic nitrogens is 4. The summed E-state index contributed by atoms with van der Waals surface area (Å²) in [5.74, 6) is 0.440. The molecule has 0 aliphatic heterocycles. The van der Waals surface area contributed by atoms with E-state index >= 15 is 0 Å². The number of aromatic amines is 2. The van der Waals surface area contributed by atoms with Crippen molar-refractivity contribution in [1.29, 1.82) is 0 Å². The quantitative estimate of drug-likeness (QED) is 0.205. The molecule has 0 aliphatic rings. The molecule has 2 N–H and O–H groups in total. The molecular formula is C34H31N5O3. The summed E-state index contributed by atoms with van der Waals surface area (Å²) in [6, 6.07) is 27.4. The average molecular weight is 558 g/mol. The minimum atomic E-state index is -0.448. The molecule has 210 valence electrons. The number of amides is 1. The fourth-order valence-corrected chi connectivity index (χ4v) is 5.34. The molecule has 6 aromatic rings. The van der Waals surface area contributed by atoms with Crippen LogP contribution in [0.5, 0.6) is 0 Å². The van der Waals surface area contributed by atoms with Crippen molar-refractivity contribution >= 4 is 27.8 Å². The van der Waals surface area contributed by atoms with Crippen LogP contribution in [-0.4, -0.2) is 37.5 Å². The third-order valence-electron chi connectivity index (χ3n) is 7.57. The minimum Gasteiger partial charge on any atom is -0.445 e. The van der Waals surface area contributed by atoms with Gasteiger partial charge in [0.2, 0.25) is 0 Å². The van der Waals surface area contributed by atoms with Gasteiger partial charge < -0.3 is 14.7 Å². The van der Waals surface area contributed by atoms with Crippen molar-refractivity contribution in [3.05, 3.63) is 119 Å². The van der Waals surface area contributed by atoms with E-state index in [9.17, 15) is 9.59 Å². The Hall–Kier alpha value is -5.24. The van der Waals surface area contributed by atoms with Gasteiger partial charge in [-0.15, -0.1) is 0 Å². The van der Waals surface area contributed by atoms with Crippen molar-refractivity contribution < 1.29 is 9.53 Å². The predicted molar refractivity (Wildman–Crippen MR) is 165 cm³/mol. The molecule has 0 saturated heterocycles. The van der Waals surface area contributed by atoms with Gasteiger partial charge in [-0.25, -0.2) is 14.8 Å². The number of hydrogen-bond acceptors (Lipinski definition) is 5. The maximum atomic E-state index is 13.1. The Bertz CT molecular complexity index is 1920. The van der Waals surface area contributed by atoms with Crippen LogP contribution in [0.4, 0.5) is 4.79 Å². The Kier molecular flexibility index (Phi) is 7.51. The van der Waals surface area contributed by atoms with Gasteiger partial charge in [-0.3, -0.25) is 9.69 Å². The molecule has 6 rings (SSSR count). The van der Waals surface area contributed by atoms with Gasteiger partial charge >= 0.3 is 6.09 Å². The molecule has 0 saturated carbocycles. The Morgan fingerprint density at radius 2 is 1.62 bits per heavy atom. The van der Waals surface area contributed by atoms with Gasteiger partial charge in [0.1, 0.15) is 12.4 Å². The summed E-state index contributed by atoms with van der Waals surface area (Å²) in [6.45, 7) is 4.44. The van der Waals surface area contributed by atoms with E-state index in [4.69, 9.17) is 9.72 Å². The number of imidazole rings is 1. The molecule has 0 aliphatic carbocycles. The van der Waals surface area contributed by atoms with Gasteiger partial charge in [-0.1, -0.05) is 67.6 Å². The highest BCUT2D eigenvalue weighted by atomic mass is 16.6.